The summed E-state index contributed by atoms with van der Waals surface area (Å²) in [4.78, 5) is 18.2. The van der Waals surface area contributed by atoms with Crippen molar-refractivity contribution in [3.63, 3.8) is 0 Å². The van der Waals surface area contributed by atoms with E-state index >= 15 is 0 Å². The molecule has 3 rings (SSSR count). The first-order chi connectivity index (χ1) is 9.54. The fraction of sp³-hybridized carbons (Fsp3) is 0.467. The molecule has 1 aliphatic carbocycles. The van der Waals surface area contributed by atoms with Gasteiger partial charge in [-0.3, -0.25) is 4.79 Å². The number of pyridine rings is 1. The highest BCUT2D eigenvalue weighted by molar-refractivity contribution is 7.21. The molecule has 2 heterocycles. The van der Waals surface area contributed by atoms with Gasteiger partial charge in [0.15, 0.2) is 0 Å². The number of fused-ring (bicyclic) bond motifs is 1. The molecule has 3 N–H and O–H groups in total. The summed E-state index contributed by atoms with van der Waals surface area (Å²) < 4.78 is 0. The van der Waals surface area contributed by atoms with Crippen LogP contribution in [0.15, 0.2) is 12.1 Å². The minimum atomic E-state index is -0.0570. The number of hydrogen-bond acceptors (Lipinski definition) is 4. The van der Waals surface area contributed by atoms with E-state index in [0.717, 1.165) is 35.2 Å². The quantitative estimate of drug-likeness (QED) is 0.909. The van der Waals surface area contributed by atoms with Gasteiger partial charge in [-0.15, -0.1) is 11.3 Å². The molecular weight excluding hydrogens is 270 g/mol. The van der Waals surface area contributed by atoms with Crippen LogP contribution in [-0.4, -0.2) is 16.9 Å². The van der Waals surface area contributed by atoms with Crippen LogP contribution >= 0.6 is 11.3 Å². The smallest absolute Gasteiger partial charge is 0.263 e. The van der Waals surface area contributed by atoms with Crippen LogP contribution in [0.1, 0.15) is 42.1 Å². The lowest BCUT2D eigenvalue weighted by Crippen LogP contribution is -2.25. The number of rotatable bonds is 4. The van der Waals surface area contributed by atoms with Crippen molar-refractivity contribution in [1.29, 1.82) is 0 Å². The minimum Gasteiger partial charge on any atom is -0.397 e. The lowest BCUT2D eigenvalue weighted by molar-refractivity contribution is 0.0956. The first-order valence-electron chi connectivity index (χ1n) is 7.03. The third kappa shape index (κ3) is 2.63. The van der Waals surface area contributed by atoms with E-state index in [1.807, 2.05) is 12.1 Å². The van der Waals surface area contributed by atoms with Gasteiger partial charge in [0.2, 0.25) is 0 Å². The maximum Gasteiger partial charge on any atom is 0.263 e. The van der Waals surface area contributed by atoms with Crippen molar-refractivity contribution in [3.05, 3.63) is 22.7 Å². The highest BCUT2D eigenvalue weighted by Crippen LogP contribution is 2.33. The highest BCUT2D eigenvalue weighted by atomic mass is 32.1. The first-order valence-corrected chi connectivity index (χ1v) is 7.85. The van der Waals surface area contributed by atoms with E-state index in [2.05, 4.69) is 24.1 Å². The Balaban J connectivity index is 1.93. The number of carbonyl (C=O) groups is 1. The van der Waals surface area contributed by atoms with E-state index in [4.69, 9.17) is 5.73 Å². The maximum absolute atomic E-state index is 12.1. The molecule has 0 aromatic carbocycles. The van der Waals surface area contributed by atoms with Gasteiger partial charge < -0.3 is 11.1 Å². The predicted molar refractivity (Wildman–Crippen MR) is 83.1 cm³/mol. The standard InChI is InChI=1S/C15H19N3OS/c1-8(2)7-10-5-6-11-12(16)13(20-15(11)18-10)14(19)17-9-3-4-9/h5-6,8-9H,3-4,7,16H2,1-2H3,(H,17,19). The number of thiophene rings is 1. The zero-order valence-electron chi connectivity index (χ0n) is 11.8. The van der Waals surface area contributed by atoms with Crippen LogP contribution in [0.3, 0.4) is 0 Å². The van der Waals surface area contributed by atoms with Gasteiger partial charge in [0, 0.05) is 17.1 Å². The molecule has 1 amide bonds. The van der Waals surface area contributed by atoms with Crippen molar-refractivity contribution in [1.82, 2.24) is 10.3 Å². The zero-order chi connectivity index (χ0) is 14.3. The molecule has 0 aliphatic heterocycles. The van der Waals surface area contributed by atoms with Gasteiger partial charge in [-0.2, -0.15) is 0 Å². The van der Waals surface area contributed by atoms with Crippen LogP contribution < -0.4 is 11.1 Å². The summed E-state index contributed by atoms with van der Waals surface area (Å²) in [5, 5.41) is 3.87. The van der Waals surface area contributed by atoms with Gasteiger partial charge in [0.1, 0.15) is 9.71 Å². The molecule has 0 atom stereocenters. The summed E-state index contributed by atoms with van der Waals surface area (Å²) >= 11 is 1.39. The van der Waals surface area contributed by atoms with E-state index in [1.54, 1.807) is 0 Å². The van der Waals surface area contributed by atoms with E-state index in [1.165, 1.54) is 11.3 Å². The van der Waals surface area contributed by atoms with E-state index in [-0.39, 0.29) is 5.91 Å². The Morgan fingerprint density at radius 1 is 1.50 bits per heavy atom. The number of nitrogens with zero attached hydrogens (tertiary/aromatic N) is 1. The third-order valence-electron chi connectivity index (χ3n) is 3.39. The largest absolute Gasteiger partial charge is 0.397 e. The Kier molecular flexibility index (Phi) is 3.38. The Labute approximate surface area is 122 Å². The van der Waals surface area contributed by atoms with Gasteiger partial charge >= 0.3 is 0 Å². The van der Waals surface area contributed by atoms with Crippen molar-refractivity contribution in [2.45, 2.75) is 39.2 Å². The molecule has 0 bridgehead atoms. The number of nitrogens with two attached hydrogens (primary N) is 1. The number of nitrogen functional groups attached to an aromatic ring is 1. The van der Waals surface area contributed by atoms with Gasteiger partial charge in [0.25, 0.3) is 5.91 Å². The maximum atomic E-state index is 12.1. The molecule has 0 spiro atoms. The van der Waals surface area contributed by atoms with Crippen molar-refractivity contribution < 1.29 is 4.79 Å². The van der Waals surface area contributed by atoms with E-state index < -0.39 is 0 Å². The number of nitrogens with one attached hydrogen (secondary N) is 1. The summed E-state index contributed by atoms with van der Waals surface area (Å²) in [5.41, 5.74) is 7.72. The Morgan fingerprint density at radius 2 is 2.25 bits per heavy atom. The van der Waals surface area contributed by atoms with Crippen molar-refractivity contribution in [2.24, 2.45) is 5.92 Å². The fourth-order valence-electron chi connectivity index (χ4n) is 2.21. The van der Waals surface area contributed by atoms with Crippen LogP contribution in [-0.2, 0) is 6.42 Å². The molecule has 106 valence electrons. The molecule has 1 aliphatic rings. The third-order valence-corrected chi connectivity index (χ3v) is 4.50. The monoisotopic (exact) mass is 289 g/mol. The second-order valence-corrected chi connectivity index (χ2v) is 6.84. The Bertz CT molecular complexity index is 658. The second kappa shape index (κ2) is 5.05. The van der Waals surface area contributed by atoms with E-state index in [9.17, 15) is 4.79 Å². The van der Waals surface area contributed by atoms with Gasteiger partial charge in [-0.25, -0.2) is 4.98 Å². The van der Waals surface area contributed by atoms with Crippen LogP contribution in [0.5, 0.6) is 0 Å². The molecule has 5 heteroatoms. The molecular formula is C15H19N3OS. The van der Waals surface area contributed by atoms with Gasteiger partial charge in [0.05, 0.1) is 5.69 Å². The van der Waals surface area contributed by atoms with Crippen LogP contribution in [0.25, 0.3) is 10.2 Å². The molecule has 4 nitrogen and oxygen atoms in total. The molecule has 0 unspecified atom stereocenters. The second-order valence-electron chi connectivity index (χ2n) is 5.85. The molecule has 0 saturated heterocycles. The lowest BCUT2D eigenvalue weighted by Gasteiger charge is -2.03. The zero-order valence-corrected chi connectivity index (χ0v) is 12.6. The minimum absolute atomic E-state index is 0.0570. The summed E-state index contributed by atoms with van der Waals surface area (Å²) in [6.07, 6.45) is 3.10. The van der Waals surface area contributed by atoms with Crippen LogP contribution in [0, 0.1) is 5.92 Å². The molecule has 2 aromatic heterocycles. The Morgan fingerprint density at radius 3 is 2.90 bits per heavy atom. The number of carbonyl (C=O) groups excluding carboxylic acids is 1. The average molecular weight is 289 g/mol. The van der Waals surface area contributed by atoms with E-state index in [0.29, 0.717) is 22.5 Å². The lowest BCUT2D eigenvalue weighted by atomic mass is 10.1. The molecule has 20 heavy (non-hydrogen) atoms. The topological polar surface area (TPSA) is 68.0 Å². The number of anilines is 1. The number of aromatic nitrogens is 1. The van der Waals surface area contributed by atoms with Crippen molar-refractivity contribution in [3.8, 4) is 0 Å². The summed E-state index contributed by atoms with van der Waals surface area (Å²) in [6, 6.07) is 4.34. The molecule has 1 fully saturated rings. The summed E-state index contributed by atoms with van der Waals surface area (Å²) in [7, 11) is 0. The molecule has 2 aromatic rings. The van der Waals surface area contributed by atoms with Gasteiger partial charge in [-0.1, -0.05) is 13.8 Å². The number of hydrogen-bond donors (Lipinski definition) is 2. The molecule has 0 radical (unpaired) electrons. The summed E-state index contributed by atoms with van der Waals surface area (Å²) in [5.74, 6) is 0.508. The van der Waals surface area contributed by atoms with Crippen LogP contribution in [0.4, 0.5) is 5.69 Å². The van der Waals surface area contributed by atoms with Crippen molar-refractivity contribution >= 4 is 33.1 Å². The number of amides is 1. The SMILES string of the molecule is CC(C)Cc1ccc2c(N)c(C(=O)NC3CC3)sc2n1. The highest BCUT2D eigenvalue weighted by Gasteiger charge is 2.26. The summed E-state index contributed by atoms with van der Waals surface area (Å²) in [6.45, 7) is 4.34. The van der Waals surface area contributed by atoms with Gasteiger partial charge in [-0.05, 0) is 37.3 Å². The molecule has 1 saturated carbocycles. The average Bonchev–Trinajstić information content (AvgIpc) is 3.12. The fourth-order valence-corrected chi connectivity index (χ4v) is 3.23. The van der Waals surface area contributed by atoms with Crippen molar-refractivity contribution in [2.75, 3.05) is 5.73 Å². The first kappa shape index (κ1) is 13.4. The Hall–Kier alpha value is -1.62. The predicted octanol–water partition coefficient (Wildman–Crippen LogP) is 2.97. The van der Waals surface area contributed by atoms with Crippen LogP contribution in [0.2, 0.25) is 0 Å². The normalized spacial score (nSPS) is 14.9.